The standard InChI is InChI=1S/C17H20N4O2/c1-20-15(18-16(19-20)11-7-8-11)10-21-9-3-5-12-13(17(22)23)4-2-6-14(12)21/h2,4,6,11H,3,5,7-10H2,1H3,(H,22,23). The summed E-state index contributed by atoms with van der Waals surface area (Å²) < 4.78 is 1.86. The molecule has 0 spiro atoms. The number of benzene rings is 1. The van der Waals surface area contributed by atoms with Gasteiger partial charge in [0.2, 0.25) is 0 Å². The molecule has 1 saturated carbocycles. The maximum atomic E-state index is 11.4. The SMILES string of the molecule is Cn1nc(C2CC2)nc1CN1CCCc2c(C(=O)O)cccc21. The van der Waals surface area contributed by atoms with Crippen molar-refractivity contribution in [3.8, 4) is 0 Å². The predicted octanol–water partition coefficient (Wildman–Crippen LogP) is 2.34. The topological polar surface area (TPSA) is 71.2 Å². The Morgan fingerprint density at radius 2 is 2.22 bits per heavy atom. The van der Waals surface area contributed by atoms with Crippen molar-refractivity contribution in [3.05, 3.63) is 41.0 Å². The Hall–Kier alpha value is -2.37. The summed E-state index contributed by atoms with van der Waals surface area (Å²) in [6, 6.07) is 5.53. The number of hydrogen-bond donors (Lipinski definition) is 1. The molecule has 1 aliphatic heterocycles. The fourth-order valence-corrected chi connectivity index (χ4v) is 3.33. The van der Waals surface area contributed by atoms with E-state index < -0.39 is 5.97 Å². The first kappa shape index (κ1) is 14.2. The molecule has 23 heavy (non-hydrogen) atoms. The maximum Gasteiger partial charge on any atom is 0.336 e. The van der Waals surface area contributed by atoms with Crippen molar-refractivity contribution in [2.45, 2.75) is 38.1 Å². The number of carbonyl (C=O) groups is 1. The molecule has 6 nitrogen and oxygen atoms in total. The molecule has 0 saturated heterocycles. The Labute approximate surface area is 134 Å². The lowest BCUT2D eigenvalue weighted by Crippen LogP contribution is -2.31. The molecule has 1 N–H and O–H groups in total. The van der Waals surface area contributed by atoms with Crippen LogP contribution in [0.5, 0.6) is 0 Å². The van der Waals surface area contributed by atoms with Gasteiger partial charge < -0.3 is 10.0 Å². The average molecular weight is 312 g/mol. The van der Waals surface area contributed by atoms with Crippen molar-refractivity contribution < 1.29 is 9.90 Å². The van der Waals surface area contributed by atoms with E-state index in [4.69, 9.17) is 4.98 Å². The van der Waals surface area contributed by atoms with Gasteiger partial charge in [-0.05, 0) is 43.4 Å². The van der Waals surface area contributed by atoms with Crippen LogP contribution < -0.4 is 4.90 Å². The van der Waals surface area contributed by atoms with E-state index in [1.807, 2.05) is 23.9 Å². The summed E-state index contributed by atoms with van der Waals surface area (Å²) >= 11 is 0. The van der Waals surface area contributed by atoms with Gasteiger partial charge in [0.1, 0.15) is 5.82 Å². The largest absolute Gasteiger partial charge is 0.478 e. The third-order valence-electron chi connectivity index (χ3n) is 4.72. The summed E-state index contributed by atoms with van der Waals surface area (Å²) in [7, 11) is 1.94. The van der Waals surface area contributed by atoms with E-state index in [1.165, 1.54) is 12.8 Å². The molecule has 1 aliphatic carbocycles. The van der Waals surface area contributed by atoms with Crippen LogP contribution in [0.1, 0.15) is 52.8 Å². The summed E-state index contributed by atoms with van der Waals surface area (Å²) in [6.07, 6.45) is 4.17. The van der Waals surface area contributed by atoms with E-state index >= 15 is 0 Å². The second-order valence-electron chi connectivity index (χ2n) is 6.42. The lowest BCUT2D eigenvalue weighted by atomic mass is 9.96. The monoisotopic (exact) mass is 312 g/mol. The fourth-order valence-electron chi connectivity index (χ4n) is 3.33. The molecule has 1 aromatic heterocycles. The molecular weight excluding hydrogens is 292 g/mol. The molecule has 0 atom stereocenters. The minimum absolute atomic E-state index is 0.420. The van der Waals surface area contributed by atoms with E-state index in [0.29, 0.717) is 18.0 Å². The van der Waals surface area contributed by atoms with Gasteiger partial charge >= 0.3 is 5.97 Å². The zero-order valence-electron chi connectivity index (χ0n) is 13.2. The van der Waals surface area contributed by atoms with Crippen LogP contribution in [0.2, 0.25) is 0 Å². The van der Waals surface area contributed by atoms with Crippen molar-refractivity contribution in [2.24, 2.45) is 7.05 Å². The molecule has 2 aliphatic rings. The third kappa shape index (κ3) is 2.58. The van der Waals surface area contributed by atoms with E-state index in [-0.39, 0.29) is 0 Å². The van der Waals surface area contributed by atoms with E-state index in [2.05, 4.69) is 10.00 Å². The Kier molecular flexibility index (Phi) is 3.32. The Morgan fingerprint density at radius 1 is 1.39 bits per heavy atom. The normalized spacial score (nSPS) is 17.2. The van der Waals surface area contributed by atoms with Crippen LogP contribution in [0.25, 0.3) is 0 Å². The Balaban J connectivity index is 1.64. The first-order chi connectivity index (χ1) is 11.1. The smallest absolute Gasteiger partial charge is 0.336 e. The zero-order valence-corrected chi connectivity index (χ0v) is 13.2. The number of rotatable bonds is 4. The van der Waals surface area contributed by atoms with E-state index in [0.717, 1.165) is 42.3 Å². The lowest BCUT2D eigenvalue weighted by Gasteiger charge is -2.31. The number of carboxylic acid groups (broad SMARTS) is 1. The number of carboxylic acids is 1. The molecule has 0 radical (unpaired) electrons. The first-order valence-electron chi connectivity index (χ1n) is 8.13. The average Bonchev–Trinajstić information content (AvgIpc) is 3.32. The maximum absolute atomic E-state index is 11.4. The number of aromatic nitrogens is 3. The van der Waals surface area contributed by atoms with Gasteiger partial charge in [-0.2, -0.15) is 5.10 Å². The number of fused-ring (bicyclic) bond motifs is 1. The van der Waals surface area contributed by atoms with Crippen molar-refractivity contribution in [3.63, 3.8) is 0 Å². The van der Waals surface area contributed by atoms with Crippen LogP contribution in [0.4, 0.5) is 5.69 Å². The van der Waals surface area contributed by atoms with Crippen molar-refractivity contribution in [1.82, 2.24) is 14.8 Å². The molecule has 1 fully saturated rings. The number of anilines is 1. The van der Waals surface area contributed by atoms with Gasteiger partial charge in [0.25, 0.3) is 0 Å². The molecule has 0 bridgehead atoms. The molecule has 4 rings (SSSR count). The molecule has 0 amide bonds. The molecule has 2 heterocycles. The van der Waals surface area contributed by atoms with E-state index in [9.17, 15) is 9.90 Å². The number of aryl methyl sites for hydroxylation is 1. The van der Waals surface area contributed by atoms with Crippen molar-refractivity contribution in [2.75, 3.05) is 11.4 Å². The Morgan fingerprint density at radius 3 is 2.96 bits per heavy atom. The highest BCUT2D eigenvalue weighted by Gasteiger charge is 2.29. The molecule has 1 aromatic carbocycles. The molecule has 0 unspecified atom stereocenters. The van der Waals surface area contributed by atoms with E-state index in [1.54, 1.807) is 6.07 Å². The van der Waals surface area contributed by atoms with Crippen LogP contribution in [-0.2, 0) is 20.0 Å². The van der Waals surface area contributed by atoms with Crippen LogP contribution >= 0.6 is 0 Å². The lowest BCUT2D eigenvalue weighted by molar-refractivity contribution is 0.0695. The minimum atomic E-state index is -0.849. The molecule has 120 valence electrons. The second kappa shape index (κ2) is 5.37. The Bertz CT molecular complexity index is 764. The summed E-state index contributed by atoms with van der Waals surface area (Å²) in [6.45, 7) is 1.59. The van der Waals surface area contributed by atoms with Crippen molar-refractivity contribution in [1.29, 1.82) is 0 Å². The van der Waals surface area contributed by atoms with Gasteiger partial charge in [-0.15, -0.1) is 0 Å². The highest BCUT2D eigenvalue weighted by atomic mass is 16.4. The number of nitrogens with zero attached hydrogens (tertiary/aromatic N) is 4. The van der Waals surface area contributed by atoms with Gasteiger partial charge in [-0.1, -0.05) is 6.07 Å². The van der Waals surface area contributed by atoms with Gasteiger partial charge in [-0.25, -0.2) is 9.78 Å². The van der Waals surface area contributed by atoms with Gasteiger partial charge in [-0.3, -0.25) is 4.68 Å². The summed E-state index contributed by atoms with van der Waals surface area (Å²) in [5.74, 6) is 1.60. The van der Waals surface area contributed by atoms with Gasteiger partial charge in [0, 0.05) is 25.2 Å². The molecule has 2 aromatic rings. The molecular formula is C17H20N4O2. The summed E-state index contributed by atoms with van der Waals surface area (Å²) in [4.78, 5) is 18.4. The highest BCUT2D eigenvalue weighted by Crippen LogP contribution is 2.38. The number of hydrogen-bond acceptors (Lipinski definition) is 4. The van der Waals surface area contributed by atoms with Crippen LogP contribution in [-0.4, -0.2) is 32.4 Å². The van der Waals surface area contributed by atoms with Crippen LogP contribution in [0, 0.1) is 0 Å². The second-order valence-corrected chi connectivity index (χ2v) is 6.42. The quantitative estimate of drug-likeness (QED) is 0.938. The number of aromatic carboxylic acids is 1. The summed E-state index contributed by atoms with van der Waals surface area (Å²) in [5.41, 5.74) is 2.38. The van der Waals surface area contributed by atoms with Gasteiger partial charge in [0.05, 0.1) is 12.1 Å². The van der Waals surface area contributed by atoms with Crippen LogP contribution in [0.3, 0.4) is 0 Å². The first-order valence-corrected chi connectivity index (χ1v) is 8.13. The fraction of sp³-hybridized carbons (Fsp3) is 0.471. The molecule has 6 heteroatoms. The predicted molar refractivity (Wildman–Crippen MR) is 85.8 cm³/mol. The highest BCUT2D eigenvalue weighted by molar-refractivity contribution is 5.91. The van der Waals surface area contributed by atoms with Crippen molar-refractivity contribution >= 4 is 11.7 Å². The minimum Gasteiger partial charge on any atom is -0.478 e. The zero-order chi connectivity index (χ0) is 16.0. The van der Waals surface area contributed by atoms with Crippen LogP contribution in [0.15, 0.2) is 18.2 Å². The third-order valence-corrected chi connectivity index (χ3v) is 4.72. The van der Waals surface area contributed by atoms with Gasteiger partial charge in [0.15, 0.2) is 5.82 Å². The summed E-state index contributed by atoms with van der Waals surface area (Å²) in [5, 5.41) is 13.9.